The van der Waals surface area contributed by atoms with E-state index in [0.717, 1.165) is 0 Å². The number of nitriles is 1. The summed E-state index contributed by atoms with van der Waals surface area (Å²) >= 11 is 0. The molecule has 0 unspecified atom stereocenters. The van der Waals surface area contributed by atoms with Crippen molar-refractivity contribution in [3.63, 3.8) is 0 Å². The molecule has 0 radical (unpaired) electrons. The molecule has 0 bridgehead atoms. The van der Waals surface area contributed by atoms with Crippen molar-refractivity contribution < 1.29 is 13.5 Å². The molecule has 1 aromatic rings. The zero-order chi connectivity index (χ0) is 15.9. The minimum atomic E-state index is -3.32. The summed E-state index contributed by atoms with van der Waals surface area (Å²) in [6.45, 7) is -0.404. The third-order valence-electron chi connectivity index (χ3n) is 2.40. The number of hydrogen-bond donors (Lipinski definition) is 4. The Kier molecular flexibility index (Phi) is 5.83. The number of anilines is 1. The smallest absolute Gasteiger partial charge is 0.201 e. The van der Waals surface area contributed by atoms with Gasteiger partial charge in [0.05, 0.1) is 23.8 Å². The summed E-state index contributed by atoms with van der Waals surface area (Å²) in [6, 6.07) is 8.01. The van der Waals surface area contributed by atoms with Crippen molar-refractivity contribution in [2.24, 2.45) is 10.8 Å². The van der Waals surface area contributed by atoms with Crippen LogP contribution in [0.2, 0.25) is 0 Å². The topological polar surface area (TPSA) is 152 Å². The van der Waals surface area contributed by atoms with Crippen molar-refractivity contribution in [3.8, 4) is 6.07 Å². The molecule has 112 valence electrons. The van der Waals surface area contributed by atoms with E-state index in [9.17, 15) is 8.42 Å². The average molecular weight is 309 g/mol. The highest BCUT2D eigenvalue weighted by Gasteiger charge is 2.10. The molecule has 0 aromatic heterocycles. The molecular weight excluding hydrogens is 294 g/mol. The lowest BCUT2D eigenvalue weighted by atomic mass is 10.2. The fraction of sp³-hybridized carbons (Fsp3) is 0.250. The second kappa shape index (κ2) is 7.37. The van der Waals surface area contributed by atoms with Gasteiger partial charge < -0.3 is 10.8 Å². The van der Waals surface area contributed by atoms with Gasteiger partial charge in [0.1, 0.15) is 6.07 Å². The van der Waals surface area contributed by atoms with Crippen LogP contribution < -0.4 is 11.2 Å². The van der Waals surface area contributed by atoms with E-state index in [-0.39, 0.29) is 17.2 Å². The number of nitrogens with two attached hydrogens (primary N) is 1. The molecule has 0 aliphatic rings. The van der Waals surface area contributed by atoms with Crippen molar-refractivity contribution in [1.29, 1.82) is 10.7 Å². The molecule has 0 aliphatic carbocycles. The van der Waals surface area contributed by atoms with Gasteiger partial charge in [-0.15, -0.1) is 0 Å². The van der Waals surface area contributed by atoms with Gasteiger partial charge in [0.15, 0.2) is 15.7 Å². The minimum absolute atomic E-state index is 0.159. The Bertz CT molecular complexity index is 674. The normalized spacial score (nSPS) is 11.7. The van der Waals surface area contributed by atoms with Crippen molar-refractivity contribution in [2.45, 2.75) is 5.75 Å². The zero-order valence-electron chi connectivity index (χ0n) is 11.1. The number of sulfone groups is 1. The van der Waals surface area contributed by atoms with Gasteiger partial charge >= 0.3 is 0 Å². The number of benzene rings is 1. The molecule has 0 spiro atoms. The number of hydrogen-bond acceptors (Lipinski definition) is 7. The summed E-state index contributed by atoms with van der Waals surface area (Å²) in [5.41, 5.74) is 8.53. The van der Waals surface area contributed by atoms with E-state index < -0.39 is 22.3 Å². The summed E-state index contributed by atoms with van der Waals surface area (Å²) in [6.07, 6.45) is 0. The Balaban J connectivity index is 2.76. The van der Waals surface area contributed by atoms with Crippen LogP contribution in [-0.2, 0) is 15.6 Å². The lowest BCUT2D eigenvalue weighted by Crippen LogP contribution is -2.21. The summed E-state index contributed by atoms with van der Waals surface area (Å²) in [4.78, 5) is 0. The van der Waals surface area contributed by atoms with Crippen LogP contribution in [0.15, 0.2) is 29.4 Å². The van der Waals surface area contributed by atoms with E-state index in [2.05, 4.69) is 10.5 Å². The maximum atomic E-state index is 11.5. The van der Waals surface area contributed by atoms with E-state index in [1.807, 2.05) is 0 Å². The first kappa shape index (κ1) is 16.6. The third-order valence-corrected chi connectivity index (χ3v) is 3.98. The summed E-state index contributed by atoms with van der Waals surface area (Å²) in [5, 5.41) is 28.1. The monoisotopic (exact) mass is 309 g/mol. The van der Waals surface area contributed by atoms with Crippen LogP contribution in [0.3, 0.4) is 0 Å². The number of nitrogens with zero attached hydrogens (tertiary/aromatic N) is 2. The van der Waals surface area contributed by atoms with E-state index in [1.165, 1.54) is 0 Å². The number of nitrogens with one attached hydrogen (secondary N) is 2. The van der Waals surface area contributed by atoms with Crippen molar-refractivity contribution in [1.82, 2.24) is 0 Å². The Morgan fingerprint density at radius 2 is 2.05 bits per heavy atom. The number of amidine groups is 1. The molecular formula is C12H15N5O3S. The van der Waals surface area contributed by atoms with E-state index in [0.29, 0.717) is 11.3 Å². The fourth-order valence-electron chi connectivity index (χ4n) is 1.41. The standard InChI is InChI=1S/C12H15N5O3S/c13-7-11(12(14)15)17-16-10-3-1-9(2-4-10)8-21(19,20)6-5-18/h1-4,16,18H,5-6,8H2,(H3,14,15)/b17-11+. The van der Waals surface area contributed by atoms with Crippen molar-refractivity contribution in [3.05, 3.63) is 29.8 Å². The van der Waals surface area contributed by atoms with Crippen LogP contribution in [0.25, 0.3) is 0 Å². The molecule has 0 amide bonds. The predicted octanol–water partition coefficient (Wildman–Crippen LogP) is -0.179. The van der Waals surface area contributed by atoms with Gasteiger partial charge in [0.2, 0.25) is 5.71 Å². The first-order chi connectivity index (χ1) is 9.88. The molecule has 21 heavy (non-hydrogen) atoms. The van der Waals surface area contributed by atoms with Crippen LogP contribution in [0.5, 0.6) is 0 Å². The Hall–Kier alpha value is -2.44. The van der Waals surface area contributed by atoms with Crippen LogP contribution in [-0.4, -0.2) is 37.4 Å². The highest BCUT2D eigenvalue weighted by Crippen LogP contribution is 2.12. The molecule has 0 fully saturated rings. The lowest BCUT2D eigenvalue weighted by Gasteiger charge is -2.05. The van der Waals surface area contributed by atoms with Crippen molar-refractivity contribution in [2.75, 3.05) is 17.8 Å². The Labute approximate surface area is 122 Å². The Morgan fingerprint density at radius 1 is 1.43 bits per heavy atom. The van der Waals surface area contributed by atoms with Crippen LogP contribution >= 0.6 is 0 Å². The van der Waals surface area contributed by atoms with Gasteiger partial charge in [-0.1, -0.05) is 12.1 Å². The van der Waals surface area contributed by atoms with E-state index >= 15 is 0 Å². The zero-order valence-corrected chi connectivity index (χ0v) is 11.9. The first-order valence-corrected chi connectivity index (χ1v) is 7.68. The molecule has 0 heterocycles. The molecule has 9 heteroatoms. The SMILES string of the molecule is N#C/C(=N\Nc1ccc(CS(=O)(=O)CCO)cc1)C(=N)N. The number of rotatable bonds is 7. The highest BCUT2D eigenvalue weighted by molar-refractivity contribution is 7.90. The van der Waals surface area contributed by atoms with Crippen LogP contribution in [0.4, 0.5) is 5.69 Å². The molecule has 0 saturated carbocycles. The van der Waals surface area contributed by atoms with E-state index in [1.54, 1.807) is 30.3 Å². The molecule has 0 saturated heterocycles. The highest BCUT2D eigenvalue weighted by atomic mass is 32.2. The number of hydrazone groups is 1. The molecule has 0 aliphatic heterocycles. The maximum absolute atomic E-state index is 11.5. The number of aliphatic hydroxyl groups excluding tert-OH is 1. The maximum Gasteiger partial charge on any atom is 0.201 e. The largest absolute Gasteiger partial charge is 0.395 e. The van der Waals surface area contributed by atoms with Crippen LogP contribution in [0, 0.1) is 16.7 Å². The van der Waals surface area contributed by atoms with E-state index in [4.69, 9.17) is 21.5 Å². The third kappa shape index (κ3) is 5.60. The molecule has 1 aromatic carbocycles. The number of aliphatic hydroxyl groups is 1. The van der Waals surface area contributed by atoms with Gasteiger partial charge in [0.25, 0.3) is 0 Å². The second-order valence-corrected chi connectivity index (χ2v) is 6.29. The molecule has 5 N–H and O–H groups in total. The summed E-state index contributed by atoms with van der Waals surface area (Å²) < 4.78 is 23.1. The predicted molar refractivity (Wildman–Crippen MR) is 79.6 cm³/mol. The quantitative estimate of drug-likeness (QED) is 0.311. The van der Waals surface area contributed by atoms with Gasteiger partial charge in [-0.25, -0.2) is 8.42 Å². The van der Waals surface area contributed by atoms with Crippen LogP contribution in [0.1, 0.15) is 5.56 Å². The Morgan fingerprint density at radius 3 is 2.52 bits per heavy atom. The molecule has 1 rings (SSSR count). The van der Waals surface area contributed by atoms with Gasteiger partial charge in [-0.05, 0) is 17.7 Å². The molecule has 8 nitrogen and oxygen atoms in total. The van der Waals surface area contributed by atoms with Crippen molar-refractivity contribution >= 4 is 27.1 Å². The van der Waals surface area contributed by atoms with Gasteiger partial charge in [-0.3, -0.25) is 10.8 Å². The summed E-state index contributed by atoms with van der Waals surface area (Å²) in [5.74, 6) is -0.883. The fourth-order valence-corrected chi connectivity index (χ4v) is 2.53. The summed E-state index contributed by atoms with van der Waals surface area (Å²) in [7, 11) is -3.32. The second-order valence-electron chi connectivity index (χ2n) is 4.11. The lowest BCUT2D eigenvalue weighted by molar-refractivity contribution is 0.319. The van der Waals surface area contributed by atoms with Gasteiger partial charge in [0, 0.05) is 0 Å². The average Bonchev–Trinajstić information content (AvgIpc) is 2.40. The van der Waals surface area contributed by atoms with Gasteiger partial charge in [-0.2, -0.15) is 10.4 Å². The minimum Gasteiger partial charge on any atom is -0.395 e. The first-order valence-electron chi connectivity index (χ1n) is 5.86. The molecule has 0 atom stereocenters.